The van der Waals surface area contributed by atoms with Gasteiger partial charge < -0.3 is 14.9 Å². The molecule has 1 aromatic carbocycles. The molecule has 0 fully saturated rings. The van der Waals surface area contributed by atoms with Crippen molar-refractivity contribution in [3.05, 3.63) is 34.6 Å². The van der Waals surface area contributed by atoms with Crippen LogP contribution in [0.5, 0.6) is 0 Å². The molecule has 0 radical (unpaired) electrons. The predicted octanol–water partition coefficient (Wildman–Crippen LogP) is 2.15. The lowest BCUT2D eigenvalue weighted by molar-refractivity contribution is -0.115. The number of rotatable bonds is 2. The fourth-order valence-corrected chi connectivity index (χ4v) is 2.44. The fourth-order valence-electron chi connectivity index (χ4n) is 2.44. The van der Waals surface area contributed by atoms with E-state index in [0.29, 0.717) is 17.8 Å². The van der Waals surface area contributed by atoms with Crippen LogP contribution in [0.1, 0.15) is 27.2 Å². The Morgan fingerprint density at radius 3 is 2.80 bits per heavy atom. The minimum absolute atomic E-state index is 0.0757. The fraction of sp³-hybridized carbons (Fsp3) is 0.214. The van der Waals surface area contributed by atoms with Crippen molar-refractivity contribution in [2.75, 3.05) is 5.32 Å². The maximum Gasteiger partial charge on any atom is 0.374 e. The van der Waals surface area contributed by atoms with E-state index in [9.17, 15) is 9.59 Å². The number of carbonyl (C=O) groups is 2. The number of hydrogen-bond donors (Lipinski definition) is 2. The molecule has 0 atom stereocenters. The number of nitrogens with one attached hydrogen (secondary N) is 1. The van der Waals surface area contributed by atoms with Crippen molar-refractivity contribution in [2.45, 2.75) is 20.3 Å². The second-order valence-corrected chi connectivity index (χ2v) is 4.83. The summed E-state index contributed by atoms with van der Waals surface area (Å²) in [5.41, 5.74) is 4.70. The van der Waals surface area contributed by atoms with Gasteiger partial charge in [0.1, 0.15) is 5.69 Å². The first-order valence-corrected chi connectivity index (χ1v) is 6.10. The van der Waals surface area contributed by atoms with E-state index in [2.05, 4.69) is 10.5 Å². The van der Waals surface area contributed by atoms with Crippen LogP contribution in [0, 0.1) is 13.8 Å². The van der Waals surface area contributed by atoms with Gasteiger partial charge in [0.15, 0.2) is 0 Å². The van der Waals surface area contributed by atoms with Crippen LogP contribution in [0.4, 0.5) is 5.69 Å². The van der Waals surface area contributed by atoms with Crippen LogP contribution in [0.15, 0.2) is 16.7 Å². The van der Waals surface area contributed by atoms with E-state index in [4.69, 9.17) is 9.63 Å². The Bertz CT molecular complexity index is 746. The summed E-state index contributed by atoms with van der Waals surface area (Å²) in [6.45, 7) is 3.85. The molecule has 2 N–H and O–H groups in total. The first-order valence-electron chi connectivity index (χ1n) is 6.10. The number of anilines is 1. The molecule has 0 saturated carbocycles. The third-order valence-electron chi connectivity index (χ3n) is 3.52. The summed E-state index contributed by atoms with van der Waals surface area (Å²) in [7, 11) is 0. The van der Waals surface area contributed by atoms with Crippen molar-refractivity contribution in [3.8, 4) is 11.3 Å². The van der Waals surface area contributed by atoms with Crippen molar-refractivity contribution in [2.24, 2.45) is 0 Å². The molecule has 1 aliphatic heterocycles. The van der Waals surface area contributed by atoms with Gasteiger partial charge in [0, 0.05) is 11.6 Å². The highest BCUT2D eigenvalue weighted by Crippen LogP contribution is 2.38. The Balaban J connectivity index is 2.22. The Kier molecular flexibility index (Phi) is 2.60. The van der Waals surface area contributed by atoms with E-state index in [-0.39, 0.29) is 11.7 Å². The lowest BCUT2D eigenvalue weighted by atomic mass is 9.95. The predicted molar refractivity (Wildman–Crippen MR) is 70.7 cm³/mol. The molecule has 20 heavy (non-hydrogen) atoms. The number of hydrogen-bond acceptors (Lipinski definition) is 4. The number of carboxylic acid groups (broad SMARTS) is 1. The maximum atomic E-state index is 11.6. The van der Waals surface area contributed by atoms with E-state index in [1.807, 2.05) is 19.9 Å². The molecule has 0 bridgehead atoms. The third-order valence-corrected chi connectivity index (χ3v) is 3.52. The lowest BCUT2D eigenvalue weighted by Crippen LogP contribution is -2.04. The van der Waals surface area contributed by atoms with Gasteiger partial charge in [-0.3, -0.25) is 4.79 Å². The highest BCUT2D eigenvalue weighted by molar-refractivity contribution is 6.04. The highest BCUT2D eigenvalue weighted by Gasteiger charge is 2.26. The Hall–Kier alpha value is -2.63. The number of carboxylic acids is 1. The van der Waals surface area contributed by atoms with E-state index < -0.39 is 5.97 Å². The molecular formula is C14H12N2O4. The second-order valence-electron chi connectivity index (χ2n) is 4.83. The molecule has 102 valence electrons. The molecule has 2 heterocycles. The molecule has 2 aromatic rings. The normalized spacial score (nSPS) is 13.2. The van der Waals surface area contributed by atoms with Gasteiger partial charge in [0.05, 0.1) is 12.1 Å². The molecule has 0 spiro atoms. The minimum Gasteiger partial charge on any atom is -0.475 e. The van der Waals surface area contributed by atoms with Gasteiger partial charge in [-0.15, -0.1) is 0 Å². The maximum absolute atomic E-state index is 11.6. The highest BCUT2D eigenvalue weighted by atomic mass is 16.5. The number of amides is 1. The van der Waals surface area contributed by atoms with Gasteiger partial charge in [-0.2, -0.15) is 0 Å². The molecule has 6 nitrogen and oxygen atoms in total. The molecule has 0 saturated heterocycles. The monoisotopic (exact) mass is 272 g/mol. The van der Waals surface area contributed by atoms with Crippen LogP contribution >= 0.6 is 0 Å². The number of nitrogens with zero attached hydrogens (tertiary/aromatic N) is 1. The number of aryl methyl sites for hydroxylation is 1. The van der Waals surface area contributed by atoms with Gasteiger partial charge in [-0.1, -0.05) is 11.2 Å². The summed E-state index contributed by atoms with van der Waals surface area (Å²) in [6, 6.07) is 3.33. The summed E-state index contributed by atoms with van der Waals surface area (Å²) < 4.78 is 4.80. The van der Waals surface area contributed by atoms with E-state index in [1.165, 1.54) is 6.07 Å². The number of fused-ring (bicyclic) bond motifs is 1. The first kappa shape index (κ1) is 12.4. The zero-order valence-electron chi connectivity index (χ0n) is 11.0. The molecular weight excluding hydrogens is 260 g/mol. The van der Waals surface area contributed by atoms with Crippen molar-refractivity contribution >= 4 is 17.6 Å². The Labute approximate surface area is 114 Å². The number of aromatic nitrogens is 1. The summed E-state index contributed by atoms with van der Waals surface area (Å²) >= 11 is 0. The van der Waals surface area contributed by atoms with Crippen LogP contribution in [-0.2, 0) is 11.2 Å². The molecule has 6 heteroatoms. The molecule has 1 amide bonds. The van der Waals surface area contributed by atoms with Crippen LogP contribution < -0.4 is 5.32 Å². The van der Waals surface area contributed by atoms with Gasteiger partial charge in [-0.05, 0) is 30.5 Å². The van der Waals surface area contributed by atoms with Gasteiger partial charge in [-0.25, -0.2) is 4.79 Å². The topological polar surface area (TPSA) is 92.4 Å². The molecule has 3 rings (SSSR count). The summed E-state index contributed by atoms with van der Waals surface area (Å²) in [5, 5.41) is 15.5. The summed E-state index contributed by atoms with van der Waals surface area (Å²) in [6.07, 6.45) is 0.326. The minimum atomic E-state index is -1.17. The zero-order chi connectivity index (χ0) is 14.4. The van der Waals surface area contributed by atoms with Crippen LogP contribution in [-0.4, -0.2) is 22.1 Å². The van der Waals surface area contributed by atoms with Gasteiger partial charge >= 0.3 is 5.97 Å². The molecule has 0 aliphatic carbocycles. The van der Waals surface area contributed by atoms with Crippen LogP contribution in [0.2, 0.25) is 0 Å². The third kappa shape index (κ3) is 1.77. The Morgan fingerprint density at radius 1 is 1.40 bits per heavy atom. The summed E-state index contributed by atoms with van der Waals surface area (Å²) in [5.74, 6) is -1.47. The van der Waals surface area contributed by atoms with Crippen molar-refractivity contribution in [1.82, 2.24) is 5.16 Å². The van der Waals surface area contributed by atoms with Crippen molar-refractivity contribution < 1.29 is 19.2 Å². The smallest absolute Gasteiger partial charge is 0.374 e. The SMILES string of the molecule is Cc1cc2c(c(-c3cc(C(=O)O)on3)c1C)NC(=O)C2. The standard InChI is InChI=1S/C14H12N2O4/c1-6-3-8-4-11(17)15-13(8)12(7(6)2)9-5-10(14(18)19)20-16-9/h3,5H,4H2,1-2H3,(H,15,17)(H,18,19). The second kappa shape index (κ2) is 4.19. The van der Waals surface area contributed by atoms with E-state index in [0.717, 1.165) is 22.3 Å². The Morgan fingerprint density at radius 2 is 2.15 bits per heavy atom. The van der Waals surface area contributed by atoms with Gasteiger partial charge in [0.25, 0.3) is 0 Å². The van der Waals surface area contributed by atoms with Crippen LogP contribution in [0.3, 0.4) is 0 Å². The zero-order valence-corrected chi connectivity index (χ0v) is 11.0. The van der Waals surface area contributed by atoms with Gasteiger partial charge in [0.2, 0.25) is 11.7 Å². The summed E-state index contributed by atoms with van der Waals surface area (Å²) in [4.78, 5) is 22.5. The number of aromatic carboxylic acids is 1. The lowest BCUT2D eigenvalue weighted by Gasteiger charge is -2.12. The van der Waals surface area contributed by atoms with Crippen molar-refractivity contribution in [1.29, 1.82) is 0 Å². The van der Waals surface area contributed by atoms with Crippen LogP contribution in [0.25, 0.3) is 11.3 Å². The average molecular weight is 272 g/mol. The molecule has 1 aromatic heterocycles. The number of benzene rings is 1. The van der Waals surface area contributed by atoms with E-state index in [1.54, 1.807) is 0 Å². The number of carbonyl (C=O) groups excluding carboxylic acids is 1. The largest absolute Gasteiger partial charge is 0.475 e. The van der Waals surface area contributed by atoms with Crippen molar-refractivity contribution in [3.63, 3.8) is 0 Å². The molecule has 0 unspecified atom stereocenters. The average Bonchev–Trinajstić information content (AvgIpc) is 2.97. The molecule has 1 aliphatic rings. The van der Waals surface area contributed by atoms with E-state index >= 15 is 0 Å². The first-order chi connectivity index (χ1) is 9.47. The quantitative estimate of drug-likeness (QED) is 0.873.